The van der Waals surface area contributed by atoms with Gasteiger partial charge in [-0.25, -0.2) is 4.79 Å². The van der Waals surface area contributed by atoms with Crippen molar-refractivity contribution in [2.45, 2.75) is 4.90 Å². The van der Waals surface area contributed by atoms with Gasteiger partial charge in [0.2, 0.25) is 0 Å². The standard InChI is InChI=1S/C16H10ClNO4S/c17-10-4-3-5-11(8-10)23-9-14(19)22-18-15(20)12-6-1-2-7-13(12)16(18)21/h1-8H,9H2. The molecule has 1 aliphatic heterocycles. The Hall–Kier alpha value is -2.31. The van der Waals surface area contributed by atoms with Gasteiger partial charge in [-0.15, -0.1) is 11.8 Å². The van der Waals surface area contributed by atoms with E-state index in [0.29, 0.717) is 10.1 Å². The van der Waals surface area contributed by atoms with Gasteiger partial charge in [0.1, 0.15) is 0 Å². The second-order valence-electron chi connectivity index (χ2n) is 4.66. The summed E-state index contributed by atoms with van der Waals surface area (Å²) in [6.45, 7) is 0. The highest BCUT2D eigenvalue weighted by Crippen LogP contribution is 2.24. The lowest BCUT2D eigenvalue weighted by atomic mass is 10.1. The molecule has 0 saturated carbocycles. The molecular formula is C16H10ClNO4S. The maximum Gasteiger partial charge on any atom is 0.343 e. The number of hydroxylamine groups is 2. The molecular weight excluding hydrogens is 338 g/mol. The van der Waals surface area contributed by atoms with E-state index in [9.17, 15) is 14.4 Å². The topological polar surface area (TPSA) is 63.7 Å². The van der Waals surface area contributed by atoms with Crippen molar-refractivity contribution in [3.8, 4) is 0 Å². The van der Waals surface area contributed by atoms with E-state index < -0.39 is 17.8 Å². The second-order valence-corrected chi connectivity index (χ2v) is 6.14. The Morgan fingerprint density at radius 2 is 1.70 bits per heavy atom. The van der Waals surface area contributed by atoms with E-state index in [1.54, 1.807) is 36.4 Å². The molecule has 1 aliphatic rings. The number of benzene rings is 2. The third kappa shape index (κ3) is 3.23. The molecule has 7 heteroatoms. The lowest BCUT2D eigenvalue weighted by Gasteiger charge is -2.12. The molecule has 0 saturated heterocycles. The van der Waals surface area contributed by atoms with E-state index in [0.717, 1.165) is 4.90 Å². The van der Waals surface area contributed by atoms with Crippen molar-refractivity contribution in [1.29, 1.82) is 0 Å². The molecule has 1 heterocycles. The van der Waals surface area contributed by atoms with E-state index in [1.807, 2.05) is 0 Å². The third-order valence-electron chi connectivity index (χ3n) is 3.10. The van der Waals surface area contributed by atoms with Gasteiger partial charge in [-0.05, 0) is 30.3 Å². The van der Waals surface area contributed by atoms with Gasteiger partial charge in [-0.2, -0.15) is 0 Å². The fraction of sp³-hybridized carbons (Fsp3) is 0.0625. The number of thioether (sulfide) groups is 1. The van der Waals surface area contributed by atoms with Crippen molar-refractivity contribution >= 4 is 41.1 Å². The normalized spacial score (nSPS) is 13.2. The monoisotopic (exact) mass is 347 g/mol. The molecule has 116 valence electrons. The van der Waals surface area contributed by atoms with Gasteiger partial charge in [0.25, 0.3) is 11.8 Å². The predicted octanol–water partition coefficient (Wildman–Crippen LogP) is 3.19. The zero-order chi connectivity index (χ0) is 16.4. The number of imide groups is 1. The number of halogens is 1. The summed E-state index contributed by atoms with van der Waals surface area (Å²) in [6, 6.07) is 13.3. The molecule has 0 N–H and O–H groups in total. The Labute approximate surface area is 141 Å². The summed E-state index contributed by atoms with van der Waals surface area (Å²) in [4.78, 5) is 41.7. The van der Waals surface area contributed by atoms with Gasteiger partial charge >= 0.3 is 5.97 Å². The molecule has 0 fully saturated rings. The van der Waals surface area contributed by atoms with Crippen LogP contribution in [0.25, 0.3) is 0 Å². The summed E-state index contributed by atoms with van der Waals surface area (Å²) in [7, 11) is 0. The number of carbonyl (C=O) groups excluding carboxylic acids is 3. The molecule has 2 amide bonds. The predicted molar refractivity (Wildman–Crippen MR) is 85.2 cm³/mol. The number of fused-ring (bicyclic) bond motifs is 1. The van der Waals surface area contributed by atoms with Gasteiger partial charge in [0.05, 0.1) is 16.9 Å². The van der Waals surface area contributed by atoms with Gasteiger partial charge in [-0.3, -0.25) is 9.59 Å². The van der Waals surface area contributed by atoms with Crippen LogP contribution in [0.4, 0.5) is 0 Å². The van der Waals surface area contributed by atoms with Gasteiger partial charge in [0, 0.05) is 9.92 Å². The van der Waals surface area contributed by atoms with Gasteiger partial charge < -0.3 is 4.84 Å². The van der Waals surface area contributed by atoms with Crippen LogP contribution in [-0.2, 0) is 9.63 Å². The summed E-state index contributed by atoms with van der Waals surface area (Å²) >= 11 is 7.06. The molecule has 3 rings (SSSR count). The molecule has 2 aromatic rings. The first kappa shape index (κ1) is 15.6. The first-order valence-corrected chi connectivity index (χ1v) is 7.99. The molecule has 5 nitrogen and oxygen atoms in total. The number of nitrogens with zero attached hydrogens (tertiary/aromatic N) is 1. The zero-order valence-electron chi connectivity index (χ0n) is 11.7. The van der Waals surface area contributed by atoms with Crippen molar-refractivity contribution < 1.29 is 19.2 Å². The average Bonchev–Trinajstić information content (AvgIpc) is 2.79. The maximum atomic E-state index is 12.1. The molecule has 0 spiro atoms. The summed E-state index contributed by atoms with van der Waals surface area (Å²) in [5.74, 6) is -2.00. The Morgan fingerprint density at radius 3 is 2.30 bits per heavy atom. The summed E-state index contributed by atoms with van der Waals surface area (Å²) in [5, 5.41) is 1.06. The Bertz CT molecular complexity index is 773. The van der Waals surface area contributed by atoms with E-state index >= 15 is 0 Å². The smallest absolute Gasteiger partial charge is 0.329 e. The van der Waals surface area contributed by atoms with E-state index in [-0.39, 0.29) is 16.9 Å². The van der Waals surface area contributed by atoms with Crippen LogP contribution in [0.5, 0.6) is 0 Å². The number of hydrogen-bond donors (Lipinski definition) is 0. The van der Waals surface area contributed by atoms with Crippen LogP contribution in [0.3, 0.4) is 0 Å². The van der Waals surface area contributed by atoms with Crippen molar-refractivity contribution in [1.82, 2.24) is 5.06 Å². The number of hydrogen-bond acceptors (Lipinski definition) is 5. The molecule has 0 aliphatic carbocycles. The molecule has 23 heavy (non-hydrogen) atoms. The first-order valence-electron chi connectivity index (χ1n) is 6.63. The van der Waals surface area contributed by atoms with Gasteiger partial charge in [0.15, 0.2) is 0 Å². The van der Waals surface area contributed by atoms with E-state index in [4.69, 9.17) is 16.4 Å². The minimum atomic E-state index is -0.690. The fourth-order valence-corrected chi connectivity index (χ4v) is 3.05. The molecule has 0 aromatic heterocycles. The molecule has 0 bridgehead atoms. The van der Waals surface area contributed by atoms with Crippen LogP contribution in [0.2, 0.25) is 5.02 Å². The first-order chi connectivity index (χ1) is 11.1. The van der Waals surface area contributed by atoms with Crippen LogP contribution < -0.4 is 0 Å². The lowest BCUT2D eigenvalue weighted by Crippen LogP contribution is -2.33. The molecule has 2 aromatic carbocycles. The lowest BCUT2D eigenvalue weighted by molar-refractivity contribution is -0.165. The highest BCUT2D eigenvalue weighted by molar-refractivity contribution is 8.00. The highest BCUT2D eigenvalue weighted by Gasteiger charge is 2.38. The summed E-state index contributed by atoms with van der Waals surface area (Å²) in [5.41, 5.74) is 0.459. The minimum Gasteiger partial charge on any atom is -0.329 e. The summed E-state index contributed by atoms with van der Waals surface area (Å²) < 4.78 is 0. The van der Waals surface area contributed by atoms with Crippen molar-refractivity contribution in [3.63, 3.8) is 0 Å². The van der Waals surface area contributed by atoms with Crippen LogP contribution in [0, 0.1) is 0 Å². The van der Waals surface area contributed by atoms with Crippen molar-refractivity contribution in [2.75, 3.05) is 5.75 Å². The Balaban J connectivity index is 1.63. The largest absolute Gasteiger partial charge is 0.343 e. The summed E-state index contributed by atoms with van der Waals surface area (Å²) in [6.07, 6.45) is 0. The third-order valence-corrected chi connectivity index (χ3v) is 4.31. The molecule has 0 atom stereocenters. The quantitative estimate of drug-likeness (QED) is 0.628. The van der Waals surface area contributed by atoms with Crippen molar-refractivity contribution in [2.24, 2.45) is 0 Å². The second kappa shape index (κ2) is 6.44. The minimum absolute atomic E-state index is 0.0479. The van der Waals surface area contributed by atoms with Crippen LogP contribution in [-0.4, -0.2) is 28.6 Å². The zero-order valence-corrected chi connectivity index (χ0v) is 13.3. The fourth-order valence-electron chi connectivity index (χ4n) is 2.08. The Morgan fingerprint density at radius 1 is 1.04 bits per heavy atom. The molecule has 0 radical (unpaired) electrons. The van der Waals surface area contributed by atoms with E-state index in [2.05, 4.69) is 0 Å². The average molecular weight is 348 g/mol. The number of rotatable bonds is 4. The van der Waals surface area contributed by atoms with Crippen LogP contribution in [0.15, 0.2) is 53.4 Å². The highest BCUT2D eigenvalue weighted by atomic mass is 35.5. The number of carbonyl (C=O) groups is 3. The Kier molecular flexibility index (Phi) is 4.36. The maximum absolute atomic E-state index is 12.1. The SMILES string of the molecule is O=C(CSc1cccc(Cl)c1)ON1C(=O)c2ccccc2C1=O. The van der Waals surface area contributed by atoms with Crippen molar-refractivity contribution in [3.05, 3.63) is 64.7 Å². The van der Waals surface area contributed by atoms with Crippen LogP contribution in [0.1, 0.15) is 20.7 Å². The van der Waals surface area contributed by atoms with Gasteiger partial charge in [-0.1, -0.05) is 34.9 Å². The van der Waals surface area contributed by atoms with E-state index in [1.165, 1.54) is 23.9 Å². The van der Waals surface area contributed by atoms with Crippen LogP contribution >= 0.6 is 23.4 Å². The number of amides is 2. The molecule has 0 unspecified atom stereocenters.